The number of rotatable bonds is 2. The number of ether oxygens (including phenoxy) is 1. The highest BCUT2D eigenvalue weighted by atomic mass is 19.4. The number of ketones is 1. The minimum Gasteiger partial charge on any atom is -0.504 e. The number of hydrogen-bond donors (Lipinski definition) is 2. The normalized spacial score (nSPS) is 15.0. The number of carbonyl (C=O) groups is 1. The fourth-order valence-corrected chi connectivity index (χ4v) is 2.79. The number of phenols is 2. The van der Waals surface area contributed by atoms with E-state index in [1.807, 2.05) is 0 Å². The van der Waals surface area contributed by atoms with Gasteiger partial charge in [-0.25, -0.2) is 0 Å². The smallest absolute Gasteiger partial charge is 0.416 e. The molecule has 0 atom stereocenters. The van der Waals surface area contributed by atoms with Crippen LogP contribution in [0.25, 0.3) is 17.4 Å². The van der Waals surface area contributed by atoms with Crippen LogP contribution in [0.15, 0.2) is 58.7 Å². The van der Waals surface area contributed by atoms with Crippen LogP contribution in [0.1, 0.15) is 21.7 Å². The Morgan fingerprint density at radius 3 is 2.54 bits per heavy atom. The molecule has 1 aliphatic rings. The first-order chi connectivity index (χ1) is 13.2. The van der Waals surface area contributed by atoms with Crippen LogP contribution in [0, 0.1) is 0 Å². The quantitative estimate of drug-likeness (QED) is 0.477. The van der Waals surface area contributed by atoms with Gasteiger partial charge in [0.1, 0.15) is 11.5 Å². The van der Waals surface area contributed by atoms with Gasteiger partial charge in [-0.3, -0.25) is 4.79 Å². The van der Waals surface area contributed by atoms with E-state index >= 15 is 0 Å². The highest BCUT2D eigenvalue weighted by Gasteiger charge is 2.32. The average Bonchev–Trinajstić information content (AvgIpc) is 3.24. The van der Waals surface area contributed by atoms with E-state index in [2.05, 4.69) is 0 Å². The van der Waals surface area contributed by atoms with Gasteiger partial charge >= 0.3 is 6.18 Å². The van der Waals surface area contributed by atoms with Crippen molar-refractivity contribution in [1.82, 2.24) is 0 Å². The molecule has 1 aliphatic heterocycles. The summed E-state index contributed by atoms with van der Waals surface area (Å²) in [6.45, 7) is 0. The standard InChI is InChI=1S/C20H11F3O5/c21-20(22,23)11-3-1-2-10(8-11)15-7-4-12(27-15)9-16-17(25)13-5-6-14(24)18(26)19(13)28-16/h1-9,24,26H/b16-9-. The number of furan rings is 1. The Kier molecular flexibility index (Phi) is 3.92. The predicted octanol–water partition coefficient (Wildman–Crippen LogP) is 4.99. The summed E-state index contributed by atoms with van der Waals surface area (Å²) < 4.78 is 49.4. The Labute approximate surface area is 155 Å². The molecule has 5 nitrogen and oxygen atoms in total. The molecule has 0 aliphatic carbocycles. The van der Waals surface area contributed by atoms with E-state index in [-0.39, 0.29) is 34.2 Å². The second kappa shape index (κ2) is 6.19. The largest absolute Gasteiger partial charge is 0.504 e. The molecule has 4 rings (SSSR count). The summed E-state index contributed by atoms with van der Waals surface area (Å²) in [4.78, 5) is 12.3. The monoisotopic (exact) mass is 388 g/mol. The first-order valence-corrected chi connectivity index (χ1v) is 8.00. The van der Waals surface area contributed by atoms with Crippen LogP contribution in [-0.2, 0) is 6.18 Å². The Balaban J connectivity index is 1.65. The van der Waals surface area contributed by atoms with Crippen LogP contribution in [0.5, 0.6) is 17.2 Å². The van der Waals surface area contributed by atoms with E-state index < -0.39 is 29.0 Å². The third-order valence-corrected chi connectivity index (χ3v) is 4.17. The average molecular weight is 388 g/mol. The van der Waals surface area contributed by atoms with Crippen LogP contribution in [-0.4, -0.2) is 16.0 Å². The summed E-state index contributed by atoms with van der Waals surface area (Å²) >= 11 is 0. The summed E-state index contributed by atoms with van der Waals surface area (Å²) in [6.07, 6.45) is -3.22. The third-order valence-electron chi connectivity index (χ3n) is 4.17. The molecule has 142 valence electrons. The zero-order chi connectivity index (χ0) is 20.1. The summed E-state index contributed by atoms with van der Waals surface area (Å²) in [5.41, 5.74) is -0.503. The van der Waals surface area contributed by atoms with Gasteiger partial charge in [0, 0.05) is 11.6 Å². The molecule has 0 radical (unpaired) electrons. The molecule has 0 unspecified atom stereocenters. The zero-order valence-corrected chi connectivity index (χ0v) is 13.9. The molecule has 0 saturated carbocycles. The van der Waals surface area contributed by atoms with Gasteiger partial charge in [-0.1, -0.05) is 12.1 Å². The number of hydrogen-bond acceptors (Lipinski definition) is 5. The van der Waals surface area contributed by atoms with Gasteiger partial charge in [-0.05, 0) is 36.4 Å². The molecule has 0 bridgehead atoms. The second-order valence-electron chi connectivity index (χ2n) is 6.03. The molecule has 0 fully saturated rings. The minimum atomic E-state index is -4.48. The van der Waals surface area contributed by atoms with E-state index in [4.69, 9.17) is 9.15 Å². The van der Waals surface area contributed by atoms with E-state index in [1.54, 1.807) is 0 Å². The number of phenolic OH excluding ortho intramolecular Hbond substituents is 2. The number of alkyl halides is 3. The lowest BCUT2D eigenvalue weighted by Gasteiger charge is -2.07. The van der Waals surface area contributed by atoms with Crippen LogP contribution < -0.4 is 4.74 Å². The first kappa shape index (κ1) is 17.7. The number of allylic oxidation sites excluding steroid dienone is 1. The predicted molar refractivity (Wildman–Crippen MR) is 91.9 cm³/mol. The maximum Gasteiger partial charge on any atom is 0.416 e. The maximum absolute atomic E-state index is 12.9. The number of halogens is 3. The second-order valence-corrected chi connectivity index (χ2v) is 6.03. The Hall–Kier alpha value is -3.68. The molecule has 1 aromatic heterocycles. The van der Waals surface area contributed by atoms with Gasteiger partial charge in [0.25, 0.3) is 0 Å². The summed E-state index contributed by atoms with van der Waals surface area (Å²) in [6, 6.07) is 10.1. The number of benzene rings is 2. The van der Waals surface area contributed by atoms with Crippen molar-refractivity contribution in [2.24, 2.45) is 0 Å². The highest BCUT2D eigenvalue weighted by molar-refractivity contribution is 6.15. The van der Waals surface area contributed by atoms with Gasteiger partial charge in [-0.2, -0.15) is 13.2 Å². The van der Waals surface area contributed by atoms with E-state index in [0.29, 0.717) is 0 Å². The topological polar surface area (TPSA) is 79.9 Å². The Morgan fingerprint density at radius 2 is 1.79 bits per heavy atom. The van der Waals surface area contributed by atoms with Crippen molar-refractivity contribution in [3.63, 3.8) is 0 Å². The highest BCUT2D eigenvalue weighted by Crippen LogP contribution is 2.44. The molecule has 0 spiro atoms. The maximum atomic E-state index is 12.9. The molecule has 2 heterocycles. The van der Waals surface area contributed by atoms with Crippen LogP contribution in [0.4, 0.5) is 13.2 Å². The molecule has 0 saturated heterocycles. The van der Waals surface area contributed by atoms with Crippen molar-refractivity contribution in [1.29, 1.82) is 0 Å². The zero-order valence-electron chi connectivity index (χ0n) is 13.9. The molecule has 0 amide bonds. The number of aromatic hydroxyl groups is 2. The Bertz CT molecular complexity index is 1130. The van der Waals surface area contributed by atoms with Crippen LogP contribution in [0.2, 0.25) is 0 Å². The van der Waals surface area contributed by atoms with Crippen LogP contribution >= 0.6 is 0 Å². The van der Waals surface area contributed by atoms with Gasteiger partial charge in [0.15, 0.2) is 17.3 Å². The lowest BCUT2D eigenvalue weighted by atomic mass is 10.1. The molecule has 3 aromatic rings. The summed E-state index contributed by atoms with van der Waals surface area (Å²) in [5, 5.41) is 19.3. The van der Waals surface area contributed by atoms with Gasteiger partial charge < -0.3 is 19.4 Å². The number of fused-ring (bicyclic) bond motifs is 1. The first-order valence-electron chi connectivity index (χ1n) is 8.00. The molecule has 2 aromatic carbocycles. The Morgan fingerprint density at radius 1 is 1.00 bits per heavy atom. The summed E-state index contributed by atoms with van der Waals surface area (Å²) in [7, 11) is 0. The van der Waals surface area contributed by atoms with Crippen molar-refractivity contribution in [3.05, 3.63) is 71.2 Å². The SMILES string of the molecule is O=C1/C(=C/c2ccc(-c3cccc(C(F)(F)F)c3)o2)Oc2c1ccc(O)c2O. The van der Waals surface area contributed by atoms with Crippen molar-refractivity contribution in [3.8, 4) is 28.6 Å². The number of Topliss-reactive ketones (excluding diaryl/α,β-unsaturated/α-hetero) is 1. The summed E-state index contributed by atoms with van der Waals surface area (Å²) in [5.74, 6) is -1.48. The molecule has 8 heteroatoms. The van der Waals surface area contributed by atoms with Crippen molar-refractivity contribution < 1.29 is 37.3 Å². The van der Waals surface area contributed by atoms with Crippen molar-refractivity contribution >= 4 is 11.9 Å². The van der Waals surface area contributed by atoms with Gasteiger partial charge in [0.05, 0.1) is 11.1 Å². The molecule has 2 N–H and O–H groups in total. The minimum absolute atomic E-state index is 0.0752. The number of carbonyl (C=O) groups excluding carboxylic acids is 1. The lowest BCUT2D eigenvalue weighted by Crippen LogP contribution is -2.04. The van der Waals surface area contributed by atoms with E-state index in [0.717, 1.165) is 18.2 Å². The molecular formula is C20H11F3O5. The molecule has 28 heavy (non-hydrogen) atoms. The van der Waals surface area contributed by atoms with Crippen LogP contribution in [0.3, 0.4) is 0 Å². The molecular weight excluding hydrogens is 377 g/mol. The van der Waals surface area contributed by atoms with Crippen molar-refractivity contribution in [2.45, 2.75) is 6.18 Å². The van der Waals surface area contributed by atoms with Gasteiger partial charge in [-0.15, -0.1) is 0 Å². The lowest BCUT2D eigenvalue weighted by molar-refractivity contribution is -0.137. The fourth-order valence-electron chi connectivity index (χ4n) is 2.79. The third kappa shape index (κ3) is 2.98. The van der Waals surface area contributed by atoms with Gasteiger partial charge in [0.2, 0.25) is 11.5 Å². The van der Waals surface area contributed by atoms with E-state index in [1.165, 1.54) is 36.4 Å². The van der Waals surface area contributed by atoms with E-state index in [9.17, 15) is 28.2 Å². The van der Waals surface area contributed by atoms with Crippen molar-refractivity contribution in [2.75, 3.05) is 0 Å². The fraction of sp³-hybridized carbons (Fsp3) is 0.0500.